The van der Waals surface area contributed by atoms with Crippen molar-refractivity contribution in [1.82, 2.24) is 25.4 Å². The van der Waals surface area contributed by atoms with E-state index in [0.29, 0.717) is 30.4 Å². The van der Waals surface area contributed by atoms with E-state index in [1.807, 2.05) is 6.92 Å². The highest BCUT2D eigenvalue weighted by atomic mass is 19.4. The number of ether oxygens (including phenoxy) is 1. The first-order valence-electron chi connectivity index (χ1n) is 8.17. The number of aromatic nitrogens is 3. The van der Waals surface area contributed by atoms with Crippen molar-refractivity contribution >= 4 is 5.96 Å². The van der Waals surface area contributed by atoms with Gasteiger partial charge in [0.1, 0.15) is 24.4 Å². The Morgan fingerprint density at radius 3 is 2.56 bits per heavy atom. The maximum Gasteiger partial charge on any atom is 0.573 e. The summed E-state index contributed by atoms with van der Waals surface area (Å²) in [6.07, 6.45) is -4.26. The number of aryl methyl sites for hydroxylation is 1. The summed E-state index contributed by atoms with van der Waals surface area (Å²) in [5.74, 6) is 0.801. The number of benzene rings is 1. The fourth-order valence-corrected chi connectivity index (χ4v) is 2.16. The van der Waals surface area contributed by atoms with Crippen LogP contribution in [0.3, 0.4) is 0 Å². The van der Waals surface area contributed by atoms with Crippen LogP contribution in [0.25, 0.3) is 0 Å². The molecule has 0 aliphatic carbocycles. The first-order chi connectivity index (χ1) is 12.8. The molecule has 27 heavy (non-hydrogen) atoms. The molecule has 0 bridgehead atoms. The molecule has 1 aromatic heterocycles. The second-order valence-electron chi connectivity index (χ2n) is 5.51. The van der Waals surface area contributed by atoms with Crippen molar-refractivity contribution in [3.8, 4) is 5.75 Å². The third-order valence-corrected chi connectivity index (χ3v) is 3.49. The largest absolute Gasteiger partial charge is 0.573 e. The Labute approximate surface area is 154 Å². The summed E-state index contributed by atoms with van der Waals surface area (Å²) in [7, 11) is 1.76. The Balaban J connectivity index is 1.92. The summed E-state index contributed by atoms with van der Waals surface area (Å²) in [5.41, 5.74) is 0.446. The van der Waals surface area contributed by atoms with E-state index in [2.05, 4.69) is 30.4 Å². The zero-order chi connectivity index (χ0) is 19.9. The van der Waals surface area contributed by atoms with Gasteiger partial charge in [0, 0.05) is 20.1 Å². The van der Waals surface area contributed by atoms with Crippen molar-refractivity contribution in [2.24, 2.45) is 12.0 Å². The lowest BCUT2D eigenvalue weighted by Crippen LogP contribution is -2.39. The molecule has 0 aliphatic heterocycles. The summed E-state index contributed by atoms with van der Waals surface area (Å²) in [6.45, 7) is 2.93. The van der Waals surface area contributed by atoms with Crippen LogP contribution in [0, 0.1) is 0 Å². The number of hydrogen-bond acceptors (Lipinski definition) is 5. The van der Waals surface area contributed by atoms with Crippen molar-refractivity contribution in [2.75, 3.05) is 13.1 Å². The molecule has 0 aliphatic rings. The van der Waals surface area contributed by atoms with Gasteiger partial charge in [0.05, 0.1) is 6.10 Å². The molecular formula is C16H21F3N6O2. The van der Waals surface area contributed by atoms with Crippen molar-refractivity contribution in [3.63, 3.8) is 0 Å². The van der Waals surface area contributed by atoms with E-state index in [4.69, 9.17) is 0 Å². The molecule has 0 saturated carbocycles. The van der Waals surface area contributed by atoms with Crippen molar-refractivity contribution in [2.45, 2.75) is 25.9 Å². The van der Waals surface area contributed by atoms with E-state index in [-0.39, 0.29) is 12.3 Å². The molecule has 2 rings (SSSR count). The van der Waals surface area contributed by atoms with Gasteiger partial charge < -0.3 is 20.5 Å². The number of hydrogen-bond donors (Lipinski definition) is 3. The standard InChI is InChI=1S/C16H21F3N6O2/c1-3-20-15(22-9-14-23-10-24-25(14)2)21-8-13(26)11-4-6-12(7-5-11)27-16(17,18)19/h4-7,10,13,26H,3,8-9H2,1-2H3,(H2,20,21,22). The topological polar surface area (TPSA) is 96.6 Å². The van der Waals surface area contributed by atoms with Gasteiger partial charge in [-0.2, -0.15) is 5.10 Å². The summed E-state index contributed by atoms with van der Waals surface area (Å²) in [5, 5.41) is 20.2. The minimum absolute atomic E-state index is 0.115. The lowest BCUT2D eigenvalue weighted by Gasteiger charge is -2.16. The Bertz CT molecular complexity index is 745. The van der Waals surface area contributed by atoms with Crippen LogP contribution in [0.15, 0.2) is 35.6 Å². The van der Waals surface area contributed by atoms with Crippen LogP contribution in [0.4, 0.5) is 13.2 Å². The van der Waals surface area contributed by atoms with E-state index in [0.717, 1.165) is 12.1 Å². The second-order valence-corrected chi connectivity index (χ2v) is 5.51. The van der Waals surface area contributed by atoms with E-state index >= 15 is 0 Å². The van der Waals surface area contributed by atoms with Gasteiger partial charge in [-0.3, -0.25) is 4.68 Å². The SMILES string of the molecule is CCNC(=NCc1ncnn1C)NCC(O)c1ccc(OC(F)(F)F)cc1. The Hall–Kier alpha value is -2.82. The quantitative estimate of drug-likeness (QED) is 0.493. The van der Waals surface area contributed by atoms with Crippen LogP contribution in [-0.2, 0) is 13.6 Å². The molecule has 1 unspecified atom stereocenters. The van der Waals surface area contributed by atoms with Crippen molar-refractivity contribution in [3.05, 3.63) is 42.0 Å². The highest BCUT2D eigenvalue weighted by molar-refractivity contribution is 5.79. The Morgan fingerprint density at radius 2 is 2.00 bits per heavy atom. The molecule has 148 valence electrons. The first kappa shape index (κ1) is 20.5. The fourth-order valence-electron chi connectivity index (χ4n) is 2.16. The lowest BCUT2D eigenvalue weighted by molar-refractivity contribution is -0.274. The number of alkyl halides is 3. The van der Waals surface area contributed by atoms with Crippen LogP contribution in [-0.4, -0.2) is 45.3 Å². The van der Waals surface area contributed by atoms with Gasteiger partial charge in [-0.25, -0.2) is 9.98 Å². The molecular weight excluding hydrogens is 365 g/mol. The smallest absolute Gasteiger partial charge is 0.406 e. The molecule has 1 heterocycles. The van der Waals surface area contributed by atoms with E-state index in [9.17, 15) is 18.3 Å². The molecule has 2 aromatic rings. The number of guanidine groups is 1. The monoisotopic (exact) mass is 386 g/mol. The predicted octanol–water partition coefficient (Wildman–Crippen LogP) is 1.50. The van der Waals surface area contributed by atoms with Crippen LogP contribution < -0.4 is 15.4 Å². The average Bonchev–Trinajstić information content (AvgIpc) is 3.01. The minimum atomic E-state index is -4.75. The number of halogens is 3. The molecule has 1 aromatic carbocycles. The first-order valence-corrected chi connectivity index (χ1v) is 8.17. The summed E-state index contributed by atoms with van der Waals surface area (Å²) in [4.78, 5) is 8.42. The molecule has 0 fully saturated rings. The van der Waals surface area contributed by atoms with Gasteiger partial charge in [-0.15, -0.1) is 13.2 Å². The number of nitrogens with one attached hydrogen (secondary N) is 2. The molecule has 8 nitrogen and oxygen atoms in total. The summed E-state index contributed by atoms with van der Waals surface area (Å²) < 4.78 is 41.9. The molecule has 1 atom stereocenters. The average molecular weight is 386 g/mol. The number of aliphatic hydroxyl groups is 1. The fraction of sp³-hybridized carbons (Fsp3) is 0.438. The Morgan fingerprint density at radius 1 is 1.30 bits per heavy atom. The number of rotatable bonds is 7. The molecule has 0 spiro atoms. The Kier molecular flexibility index (Phi) is 6.99. The van der Waals surface area contributed by atoms with Crippen LogP contribution in [0.2, 0.25) is 0 Å². The van der Waals surface area contributed by atoms with E-state index < -0.39 is 12.5 Å². The minimum Gasteiger partial charge on any atom is -0.406 e. The van der Waals surface area contributed by atoms with Gasteiger partial charge >= 0.3 is 6.36 Å². The number of nitrogens with zero attached hydrogens (tertiary/aromatic N) is 4. The zero-order valence-corrected chi connectivity index (χ0v) is 14.9. The van der Waals surface area contributed by atoms with Crippen LogP contribution in [0.5, 0.6) is 5.75 Å². The molecule has 0 amide bonds. The molecule has 11 heteroatoms. The number of aliphatic imine (C=N–C) groups is 1. The van der Waals surface area contributed by atoms with Crippen molar-refractivity contribution < 1.29 is 23.0 Å². The molecule has 0 radical (unpaired) electrons. The second kappa shape index (κ2) is 9.21. The van der Waals surface area contributed by atoms with E-state index in [1.54, 1.807) is 11.7 Å². The maximum absolute atomic E-state index is 12.2. The highest BCUT2D eigenvalue weighted by Gasteiger charge is 2.31. The third kappa shape index (κ3) is 6.77. The summed E-state index contributed by atoms with van der Waals surface area (Å²) in [6, 6.07) is 5.05. The summed E-state index contributed by atoms with van der Waals surface area (Å²) >= 11 is 0. The molecule has 0 saturated heterocycles. The number of aliphatic hydroxyl groups excluding tert-OH is 1. The molecule has 3 N–H and O–H groups in total. The van der Waals surface area contributed by atoms with Crippen LogP contribution in [0.1, 0.15) is 24.4 Å². The van der Waals surface area contributed by atoms with Gasteiger partial charge in [0.15, 0.2) is 5.96 Å². The van der Waals surface area contributed by atoms with E-state index in [1.165, 1.54) is 18.5 Å². The third-order valence-electron chi connectivity index (χ3n) is 3.49. The van der Waals surface area contributed by atoms with Gasteiger partial charge in [0.25, 0.3) is 0 Å². The zero-order valence-electron chi connectivity index (χ0n) is 14.9. The van der Waals surface area contributed by atoms with Crippen molar-refractivity contribution in [1.29, 1.82) is 0 Å². The van der Waals surface area contributed by atoms with Crippen LogP contribution >= 0.6 is 0 Å². The lowest BCUT2D eigenvalue weighted by atomic mass is 10.1. The predicted molar refractivity (Wildman–Crippen MR) is 91.9 cm³/mol. The van der Waals surface area contributed by atoms with Gasteiger partial charge in [-0.05, 0) is 24.6 Å². The van der Waals surface area contributed by atoms with Gasteiger partial charge in [0.2, 0.25) is 0 Å². The highest BCUT2D eigenvalue weighted by Crippen LogP contribution is 2.24. The maximum atomic E-state index is 12.2. The normalized spacial score (nSPS) is 13.3. The van der Waals surface area contributed by atoms with Gasteiger partial charge in [-0.1, -0.05) is 12.1 Å².